The summed E-state index contributed by atoms with van der Waals surface area (Å²) in [7, 11) is 0. The summed E-state index contributed by atoms with van der Waals surface area (Å²) in [4.78, 5) is 23.8. The molecule has 0 heterocycles. The lowest BCUT2D eigenvalue weighted by Crippen LogP contribution is -2.28. The first-order valence-corrected chi connectivity index (χ1v) is 9.72. The molecule has 0 fully saturated rings. The minimum atomic E-state index is -0.400. The van der Waals surface area contributed by atoms with Crippen molar-refractivity contribution < 1.29 is 14.3 Å². The van der Waals surface area contributed by atoms with Crippen molar-refractivity contribution in [3.8, 4) is 5.75 Å². The number of hydrogen-bond acceptors (Lipinski definition) is 4. The minimum Gasteiger partial charge on any atom is -0.483 e. The van der Waals surface area contributed by atoms with Crippen molar-refractivity contribution in [1.29, 1.82) is 0 Å². The predicted molar refractivity (Wildman–Crippen MR) is 114 cm³/mol. The molecule has 2 aromatic carbocycles. The fourth-order valence-corrected chi connectivity index (χ4v) is 2.85. The second kappa shape index (κ2) is 10.8. The van der Waals surface area contributed by atoms with Crippen molar-refractivity contribution in [3.63, 3.8) is 0 Å². The van der Waals surface area contributed by atoms with E-state index in [9.17, 15) is 9.59 Å². The summed E-state index contributed by atoms with van der Waals surface area (Å²) in [6.07, 6.45) is 0.0839. The number of rotatable bonds is 8. The van der Waals surface area contributed by atoms with Crippen LogP contribution in [0.2, 0.25) is 5.02 Å². The first kappa shape index (κ1) is 21.9. The lowest BCUT2D eigenvalue weighted by atomic mass is 10.2. The van der Waals surface area contributed by atoms with Gasteiger partial charge in [0.25, 0.3) is 5.91 Å². The van der Waals surface area contributed by atoms with Crippen LogP contribution in [0.15, 0.2) is 52.0 Å². The van der Waals surface area contributed by atoms with Gasteiger partial charge in [0.05, 0.1) is 6.42 Å². The summed E-state index contributed by atoms with van der Waals surface area (Å²) in [6, 6.07) is 12.7. The highest BCUT2D eigenvalue weighted by Gasteiger charge is 2.07. The van der Waals surface area contributed by atoms with Gasteiger partial charge in [0.15, 0.2) is 6.61 Å². The quantitative estimate of drug-likeness (QED) is 0.456. The van der Waals surface area contributed by atoms with Gasteiger partial charge in [-0.25, -0.2) is 5.43 Å². The molecule has 0 bridgehead atoms. The van der Waals surface area contributed by atoms with Crippen molar-refractivity contribution in [2.24, 2.45) is 5.10 Å². The van der Waals surface area contributed by atoms with Gasteiger partial charge in [-0.3, -0.25) is 9.59 Å². The second-order valence-electron chi connectivity index (χ2n) is 6.16. The van der Waals surface area contributed by atoms with Gasteiger partial charge in [-0.15, -0.1) is 0 Å². The Kier molecular flexibility index (Phi) is 8.47. The highest BCUT2D eigenvalue weighted by molar-refractivity contribution is 9.10. The van der Waals surface area contributed by atoms with Crippen molar-refractivity contribution in [3.05, 3.63) is 63.1 Å². The van der Waals surface area contributed by atoms with Crippen LogP contribution >= 0.6 is 27.5 Å². The maximum absolute atomic E-state index is 12.0. The summed E-state index contributed by atoms with van der Waals surface area (Å²) >= 11 is 9.20. The van der Waals surface area contributed by atoms with Gasteiger partial charge in [0, 0.05) is 21.8 Å². The van der Waals surface area contributed by atoms with E-state index in [-0.39, 0.29) is 18.9 Å². The highest BCUT2D eigenvalue weighted by Crippen LogP contribution is 2.21. The number of carbonyl (C=O) groups excluding carboxylic acids is 2. The van der Waals surface area contributed by atoms with Gasteiger partial charge in [0.1, 0.15) is 5.75 Å². The highest BCUT2D eigenvalue weighted by atomic mass is 79.9. The summed E-state index contributed by atoms with van der Waals surface area (Å²) in [6.45, 7) is 3.79. The molecular formula is C20H21BrClN3O3. The van der Waals surface area contributed by atoms with Crippen molar-refractivity contribution in [2.75, 3.05) is 6.61 Å². The predicted octanol–water partition coefficient (Wildman–Crippen LogP) is 3.99. The molecule has 0 saturated carbocycles. The summed E-state index contributed by atoms with van der Waals surface area (Å²) in [5.41, 5.74) is 4.74. The SMILES string of the molecule is C/C(CC(=O)NCc1ccc(Cl)cc1)=N\NC(=O)COc1ccc(Br)cc1C. The molecule has 0 saturated heterocycles. The van der Waals surface area contributed by atoms with Gasteiger partial charge in [-0.1, -0.05) is 39.7 Å². The minimum absolute atomic E-state index is 0.0839. The number of aryl methyl sites for hydroxylation is 1. The standard InChI is InChI=1S/C20H21BrClN3O3/c1-13-9-16(21)5-8-18(13)28-12-20(27)25-24-14(2)10-19(26)23-11-15-3-6-17(22)7-4-15/h3-9H,10-12H2,1-2H3,(H,23,26)(H,25,27)/b24-14+. The molecule has 0 aliphatic carbocycles. The Balaban J connectivity index is 1.72. The number of halogens is 2. The monoisotopic (exact) mass is 465 g/mol. The molecule has 2 aromatic rings. The topological polar surface area (TPSA) is 79.8 Å². The number of benzene rings is 2. The molecule has 0 unspecified atom stereocenters. The molecule has 0 radical (unpaired) electrons. The van der Waals surface area contributed by atoms with Crippen LogP contribution in [-0.2, 0) is 16.1 Å². The molecule has 0 aliphatic heterocycles. The maximum Gasteiger partial charge on any atom is 0.277 e. The molecule has 0 spiro atoms. The Morgan fingerprint density at radius 3 is 2.54 bits per heavy atom. The van der Waals surface area contributed by atoms with Crippen molar-refractivity contribution >= 4 is 45.1 Å². The fourth-order valence-electron chi connectivity index (χ4n) is 2.25. The summed E-state index contributed by atoms with van der Waals surface area (Å²) < 4.78 is 6.41. The third kappa shape index (κ3) is 7.70. The van der Waals surface area contributed by atoms with Crippen LogP contribution in [0, 0.1) is 6.92 Å². The van der Waals surface area contributed by atoms with E-state index in [0.717, 1.165) is 15.6 Å². The number of ether oxygens (including phenoxy) is 1. The van der Waals surface area contributed by atoms with Crippen LogP contribution in [0.4, 0.5) is 0 Å². The van der Waals surface area contributed by atoms with Crippen molar-refractivity contribution in [1.82, 2.24) is 10.7 Å². The normalized spacial score (nSPS) is 11.1. The Hall–Kier alpha value is -2.38. The number of carbonyl (C=O) groups is 2. The zero-order valence-electron chi connectivity index (χ0n) is 15.6. The first-order chi connectivity index (χ1) is 13.3. The van der Waals surface area contributed by atoms with E-state index in [2.05, 4.69) is 31.8 Å². The van der Waals surface area contributed by atoms with E-state index in [1.54, 1.807) is 25.1 Å². The van der Waals surface area contributed by atoms with E-state index in [1.165, 1.54) is 0 Å². The lowest BCUT2D eigenvalue weighted by Gasteiger charge is -2.09. The van der Waals surface area contributed by atoms with Crippen LogP contribution < -0.4 is 15.5 Å². The molecule has 148 valence electrons. The molecule has 2 amide bonds. The first-order valence-electron chi connectivity index (χ1n) is 8.55. The van der Waals surface area contributed by atoms with Crippen LogP contribution in [-0.4, -0.2) is 24.1 Å². The van der Waals surface area contributed by atoms with E-state index in [4.69, 9.17) is 16.3 Å². The van der Waals surface area contributed by atoms with Gasteiger partial charge in [-0.2, -0.15) is 5.10 Å². The molecule has 8 heteroatoms. The molecule has 0 atom stereocenters. The van der Waals surface area contributed by atoms with E-state index >= 15 is 0 Å². The Morgan fingerprint density at radius 2 is 1.86 bits per heavy atom. The molecule has 28 heavy (non-hydrogen) atoms. The van der Waals surface area contributed by atoms with Crippen LogP contribution in [0.3, 0.4) is 0 Å². The fraction of sp³-hybridized carbons (Fsp3) is 0.250. The van der Waals surface area contributed by atoms with Crippen LogP contribution in [0.5, 0.6) is 5.75 Å². The van der Waals surface area contributed by atoms with Gasteiger partial charge >= 0.3 is 0 Å². The van der Waals surface area contributed by atoms with Crippen molar-refractivity contribution in [2.45, 2.75) is 26.8 Å². The zero-order valence-corrected chi connectivity index (χ0v) is 17.9. The molecule has 2 rings (SSSR count). The molecule has 2 N–H and O–H groups in total. The number of hydrazone groups is 1. The lowest BCUT2D eigenvalue weighted by molar-refractivity contribution is -0.123. The number of nitrogens with zero attached hydrogens (tertiary/aromatic N) is 1. The number of hydrogen-bond donors (Lipinski definition) is 2. The third-order valence-corrected chi connectivity index (χ3v) is 4.43. The number of amides is 2. The average molecular weight is 467 g/mol. The largest absolute Gasteiger partial charge is 0.483 e. The molecule has 6 nitrogen and oxygen atoms in total. The third-order valence-electron chi connectivity index (χ3n) is 3.69. The zero-order chi connectivity index (χ0) is 20.5. The molecule has 0 aliphatic rings. The maximum atomic E-state index is 12.0. The Bertz CT molecular complexity index is 869. The van der Waals surface area contributed by atoms with Gasteiger partial charge in [-0.05, 0) is 55.3 Å². The van der Waals surface area contributed by atoms with E-state index < -0.39 is 5.91 Å². The second-order valence-corrected chi connectivity index (χ2v) is 7.51. The van der Waals surface area contributed by atoms with Gasteiger partial charge in [0.2, 0.25) is 5.91 Å². The Labute approximate surface area is 177 Å². The molecule has 0 aromatic heterocycles. The van der Waals surface area contributed by atoms with Gasteiger partial charge < -0.3 is 10.1 Å². The van der Waals surface area contributed by atoms with Crippen LogP contribution in [0.25, 0.3) is 0 Å². The van der Waals surface area contributed by atoms with Crippen LogP contribution in [0.1, 0.15) is 24.5 Å². The average Bonchev–Trinajstić information content (AvgIpc) is 2.65. The number of nitrogens with one attached hydrogen (secondary N) is 2. The van der Waals surface area contributed by atoms with E-state index in [1.807, 2.05) is 31.2 Å². The molecular weight excluding hydrogens is 446 g/mol. The van der Waals surface area contributed by atoms with E-state index in [0.29, 0.717) is 23.0 Å². The Morgan fingerprint density at radius 1 is 1.14 bits per heavy atom. The summed E-state index contributed by atoms with van der Waals surface area (Å²) in [5, 5.41) is 7.37. The summed E-state index contributed by atoms with van der Waals surface area (Å²) in [5.74, 6) is 0.0380. The smallest absolute Gasteiger partial charge is 0.277 e.